The summed E-state index contributed by atoms with van der Waals surface area (Å²) in [4.78, 5) is 11.4. The van der Waals surface area contributed by atoms with E-state index in [2.05, 4.69) is 19.1 Å². The molecule has 1 fully saturated rings. The lowest BCUT2D eigenvalue weighted by Gasteiger charge is -2.09. The molecule has 0 heterocycles. The number of hydrogen-bond donors (Lipinski definition) is 1. The van der Waals surface area contributed by atoms with Crippen LogP contribution in [-0.2, 0) is 16.1 Å². The van der Waals surface area contributed by atoms with Gasteiger partial charge in [-0.25, -0.2) is 9.18 Å². The van der Waals surface area contributed by atoms with Gasteiger partial charge in [0, 0.05) is 0 Å². The second-order valence-electron chi connectivity index (χ2n) is 8.97. The first-order valence-corrected chi connectivity index (χ1v) is 11.8. The number of halogens is 1. The third kappa shape index (κ3) is 7.06. The van der Waals surface area contributed by atoms with Crippen molar-refractivity contribution in [1.82, 2.24) is 0 Å². The topological polar surface area (TPSA) is 55.8 Å². The van der Waals surface area contributed by atoms with E-state index in [4.69, 9.17) is 9.47 Å². The molecule has 35 heavy (non-hydrogen) atoms. The number of aliphatic carboxylic acids is 1. The summed E-state index contributed by atoms with van der Waals surface area (Å²) in [6, 6.07) is 21.9. The van der Waals surface area contributed by atoms with Gasteiger partial charge in [-0.2, -0.15) is 0 Å². The molecule has 1 N–H and O–H groups in total. The lowest BCUT2D eigenvalue weighted by Crippen LogP contribution is -2.05. The predicted molar refractivity (Wildman–Crippen MR) is 134 cm³/mol. The van der Waals surface area contributed by atoms with E-state index >= 15 is 0 Å². The van der Waals surface area contributed by atoms with Crippen LogP contribution in [0.5, 0.6) is 11.5 Å². The van der Waals surface area contributed by atoms with Crippen LogP contribution in [-0.4, -0.2) is 11.1 Å². The Morgan fingerprint density at radius 1 is 0.943 bits per heavy atom. The Morgan fingerprint density at radius 3 is 2.11 bits per heavy atom. The van der Waals surface area contributed by atoms with Gasteiger partial charge in [-0.3, -0.25) is 0 Å². The van der Waals surface area contributed by atoms with Gasteiger partial charge in [0.2, 0.25) is 5.76 Å². The Kier molecular flexibility index (Phi) is 7.99. The molecule has 4 nitrogen and oxygen atoms in total. The van der Waals surface area contributed by atoms with Gasteiger partial charge in [-0.1, -0.05) is 61.5 Å². The van der Waals surface area contributed by atoms with Gasteiger partial charge in [0.15, 0.2) is 0 Å². The molecular weight excluding hydrogens is 443 g/mol. The molecule has 3 unspecified atom stereocenters. The van der Waals surface area contributed by atoms with Gasteiger partial charge in [-0.15, -0.1) is 0 Å². The number of carboxylic acid groups (broad SMARTS) is 1. The van der Waals surface area contributed by atoms with Gasteiger partial charge >= 0.3 is 5.97 Å². The zero-order chi connectivity index (χ0) is 24.6. The van der Waals surface area contributed by atoms with Crippen LogP contribution in [0, 0.1) is 23.6 Å². The van der Waals surface area contributed by atoms with Crippen LogP contribution in [0.25, 0.3) is 6.08 Å². The minimum atomic E-state index is -1.13. The highest BCUT2D eigenvalue weighted by Crippen LogP contribution is 2.42. The van der Waals surface area contributed by atoms with Gasteiger partial charge < -0.3 is 14.6 Å². The van der Waals surface area contributed by atoms with Crippen molar-refractivity contribution in [3.63, 3.8) is 0 Å². The average Bonchev–Trinajstić information content (AvgIpc) is 3.48. The van der Waals surface area contributed by atoms with Crippen LogP contribution in [0.2, 0.25) is 0 Å². The minimum Gasteiger partial charge on any atom is -0.482 e. The summed E-state index contributed by atoms with van der Waals surface area (Å²) in [7, 11) is 0. The molecule has 0 amide bonds. The SMILES string of the molecule is CC1CC2C=CC1C2.O=C(O)C(=Cc1ccccc1)OCc1ccc(Oc2ccc(F)cc2)cc1. The first kappa shape index (κ1) is 24.3. The summed E-state index contributed by atoms with van der Waals surface area (Å²) >= 11 is 0. The summed E-state index contributed by atoms with van der Waals surface area (Å²) in [6.45, 7) is 2.48. The number of rotatable bonds is 7. The number of carbonyl (C=O) groups is 1. The largest absolute Gasteiger partial charge is 0.482 e. The molecular formula is C30H29FO4. The van der Waals surface area contributed by atoms with Crippen molar-refractivity contribution < 1.29 is 23.8 Å². The van der Waals surface area contributed by atoms with Gasteiger partial charge in [0.25, 0.3) is 0 Å². The quantitative estimate of drug-likeness (QED) is 0.220. The fourth-order valence-corrected chi connectivity index (χ4v) is 4.37. The van der Waals surface area contributed by atoms with Gasteiger partial charge in [-0.05, 0) is 84.2 Å². The zero-order valence-electron chi connectivity index (χ0n) is 19.6. The summed E-state index contributed by atoms with van der Waals surface area (Å²) in [5, 5.41) is 9.30. The Labute approximate surface area is 205 Å². The standard InChI is InChI=1S/C22H17FO4.C8H12/c23-18-8-12-20(13-9-18)27-19-10-6-17(7-11-19)15-26-21(22(24)25)14-16-4-2-1-3-5-16;1-6-4-7-2-3-8(6)5-7/h1-14H,15H2,(H,24,25);2-3,6-8H,4-5H2,1H3. The van der Waals surface area contributed by atoms with Crippen molar-refractivity contribution >= 4 is 12.0 Å². The molecule has 3 aromatic carbocycles. The van der Waals surface area contributed by atoms with Gasteiger partial charge in [0.05, 0.1) is 0 Å². The van der Waals surface area contributed by atoms with Crippen molar-refractivity contribution in [3.8, 4) is 11.5 Å². The number of hydrogen-bond acceptors (Lipinski definition) is 3. The fourth-order valence-electron chi connectivity index (χ4n) is 4.37. The molecule has 0 spiro atoms. The number of allylic oxidation sites excluding steroid dienone is 2. The average molecular weight is 473 g/mol. The highest BCUT2D eigenvalue weighted by atomic mass is 19.1. The van der Waals surface area contributed by atoms with E-state index in [1.165, 1.54) is 31.1 Å². The Balaban J connectivity index is 0.000000301. The van der Waals surface area contributed by atoms with Crippen LogP contribution in [0.4, 0.5) is 4.39 Å². The van der Waals surface area contributed by atoms with Crippen LogP contribution in [0.3, 0.4) is 0 Å². The Bertz CT molecular complexity index is 1170. The molecule has 0 aliphatic heterocycles. The maximum atomic E-state index is 12.9. The molecule has 5 rings (SSSR count). The number of ether oxygens (including phenoxy) is 2. The molecule has 2 aliphatic rings. The van der Waals surface area contributed by atoms with Crippen LogP contribution in [0.15, 0.2) is 96.8 Å². The lowest BCUT2D eigenvalue weighted by molar-refractivity contribution is -0.136. The first-order chi connectivity index (χ1) is 17.0. The van der Waals surface area contributed by atoms with Crippen molar-refractivity contribution in [3.05, 3.63) is 114 Å². The molecule has 1 saturated carbocycles. The second kappa shape index (κ2) is 11.5. The van der Waals surface area contributed by atoms with Crippen molar-refractivity contribution in [2.75, 3.05) is 0 Å². The molecule has 3 atom stereocenters. The summed E-state index contributed by atoms with van der Waals surface area (Å²) in [6.07, 6.45) is 9.19. The molecule has 0 radical (unpaired) electrons. The van der Waals surface area contributed by atoms with E-state index in [-0.39, 0.29) is 18.2 Å². The Hall–Kier alpha value is -3.86. The molecule has 5 heteroatoms. The fraction of sp³-hybridized carbons (Fsp3) is 0.233. The predicted octanol–water partition coefficient (Wildman–Crippen LogP) is 7.48. The molecule has 2 bridgehead atoms. The molecule has 180 valence electrons. The van der Waals surface area contributed by atoms with Crippen LogP contribution in [0.1, 0.15) is 30.9 Å². The highest BCUT2D eigenvalue weighted by Gasteiger charge is 2.32. The summed E-state index contributed by atoms with van der Waals surface area (Å²) in [5.74, 6) is 2.44. The molecule has 0 aromatic heterocycles. The summed E-state index contributed by atoms with van der Waals surface area (Å²) in [5.41, 5.74) is 1.54. The van der Waals surface area contributed by atoms with Crippen LogP contribution < -0.4 is 4.74 Å². The van der Waals surface area contributed by atoms with E-state index in [0.717, 1.165) is 28.9 Å². The lowest BCUT2D eigenvalue weighted by atomic mass is 9.96. The molecule has 3 aromatic rings. The van der Waals surface area contributed by atoms with E-state index < -0.39 is 5.97 Å². The first-order valence-electron chi connectivity index (χ1n) is 11.8. The normalized spacial score (nSPS) is 20.2. The van der Waals surface area contributed by atoms with Crippen molar-refractivity contribution in [2.24, 2.45) is 17.8 Å². The van der Waals surface area contributed by atoms with Crippen molar-refractivity contribution in [1.29, 1.82) is 0 Å². The maximum absolute atomic E-state index is 12.9. The van der Waals surface area contributed by atoms with Crippen molar-refractivity contribution in [2.45, 2.75) is 26.4 Å². The smallest absolute Gasteiger partial charge is 0.371 e. The highest BCUT2D eigenvalue weighted by molar-refractivity contribution is 5.89. The Morgan fingerprint density at radius 2 is 1.60 bits per heavy atom. The van der Waals surface area contributed by atoms with E-state index in [9.17, 15) is 14.3 Å². The third-order valence-electron chi connectivity index (χ3n) is 6.29. The maximum Gasteiger partial charge on any atom is 0.371 e. The number of benzene rings is 3. The van der Waals surface area contributed by atoms with E-state index in [0.29, 0.717) is 11.5 Å². The van der Waals surface area contributed by atoms with Gasteiger partial charge in [0.1, 0.15) is 23.9 Å². The minimum absolute atomic E-state index is 0.113. The van der Waals surface area contributed by atoms with Crippen LogP contribution >= 0.6 is 0 Å². The molecule has 2 aliphatic carbocycles. The monoisotopic (exact) mass is 472 g/mol. The zero-order valence-corrected chi connectivity index (χ0v) is 19.6. The second-order valence-corrected chi connectivity index (χ2v) is 8.97. The van der Waals surface area contributed by atoms with E-state index in [1.807, 2.05) is 18.2 Å². The third-order valence-corrected chi connectivity index (χ3v) is 6.29. The number of fused-ring (bicyclic) bond motifs is 2. The molecule has 0 saturated heterocycles. The number of carboxylic acids is 1. The summed E-state index contributed by atoms with van der Waals surface area (Å²) < 4.78 is 24.0. The van der Waals surface area contributed by atoms with E-state index in [1.54, 1.807) is 48.5 Å².